The topological polar surface area (TPSA) is 26.3 Å². The lowest BCUT2D eigenvalue weighted by molar-refractivity contribution is -0.149. The van der Waals surface area contributed by atoms with Crippen LogP contribution in [0.15, 0.2) is 24.3 Å². The molecule has 0 aliphatic heterocycles. The predicted molar refractivity (Wildman–Crippen MR) is 91.1 cm³/mol. The van der Waals surface area contributed by atoms with Crippen molar-refractivity contribution in [3.8, 4) is 12.3 Å². The second kappa shape index (κ2) is 9.84. The highest BCUT2D eigenvalue weighted by molar-refractivity contribution is 9.09. The summed E-state index contributed by atoms with van der Waals surface area (Å²) in [5.41, 5.74) is 0. The molecule has 0 bridgehead atoms. The summed E-state index contributed by atoms with van der Waals surface area (Å²) in [4.78, 5) is 11.9. The minimum absolute atomic E-state index is 0.0939. The molecule has 0 saturated heterocycles. The van der Waals surface area contributed by atoms with Gasteiger partial charge in [0, 0.05) is 18.2 Å². The standard InChI is InChI=1S/C18H25BrO2/c1-4-6-7-12-18(21-14(3)20)16-10-8-9-11-17(19)15(5-2)13-16/h1,6-9,15-18H,5,10-13H2,2-3H3. The van der Waals surface area contributed by atoms with E-state index >= 15 is 0 Å². The lowest BCUT2D eigenvalue weighted by atomic mass is 9.81. The van der Waals surface area contributed by atoms with Crippen molar-refractivity contribution >= 4 is 21.9 Å². The summed E-state index contributed by atoms with van der Waals surface area (Å²) in [6.07, 6.45) is 18.1. The van der Waals surface area contributed by atoms with Gasteiger partial charge in [-0.05, 0) is 37.2 Å². The quantitative estimate of drug-likeness (QED) is 0.311. The summed E-state index contributed by atoms with van der Waals surface area (Å²) >= 11 is 3.79. The molecule has 3 heteroatoms. The van der Waals surface area contributed by atoms with Crippen LogP contribution in [0.4, 0.5) is 0 Å². The smallest absolute Gasteiger partial charge is 0.302 e. The molecule has 0 amide bonds. The maximum atomic E-state index is 11.4. The minimum Gasteiger partial charge on any atom is -0.462 e. The van der Waals surface area contributed by atoms with Gasteiger partial charge in [0.1, 0.15) is 6.10 Å². The number of alkyl halides is 1. The van der Waals surface area contributed by atoms with Crippen LogP contribution in [0, 0.1) is 24.2 Å². The van der Waals surface area contributed by atoms with E-state index in [1.54, 1.807) is 6.08 Å². The molecule has 21 heavy (non-hydrogen) atoms. The number of rotatable bonds is 5. The zero-order chi connectivity index (χ0) is 15.7. The van der Waals surface area contributed by atoms with E-state index in [0.717, 1.165) is 25.7 Å². The van der Waals surface area contributed by atoms with Crippen molar-refractivity contribution in [1.82, 2.24) is 0 Å². The molecule has 0 aromatic carbocycles. The highest BCUT2D eigenvalue weighted by Gasteiger charge is 2.28. The summed E-state index contributed by atoms with van der Waals surface area (Å²) in [6, 6.07) is 0. The molecule has 4 atom stereocenters. The molecule has 0 aromatic heterocycles. The van der Waals surface area contributed by atoms with Crippen LogP contribution >= 0.6 is 15.9 Å². The number of carbonyl (C=O) groups excluding carboxylic acids is 1. The summed E-state index contributed by atoms with van der Waals surface area (Å²) in [5, 5.41) is 0. The number of terminal acetylenes is 1. The number of carbonyl (C=O) groups is 1. The summed E-state index contributed by atoms with van der Waals surface area (Å²) in [6.45, 7) is 3.70. The van der Waals surface area contributed by atoms with Gasteiger partial charge in [0.25, 0.3) is 0 Å². The van der Waals surface area contributed by atoms with Crippen LogP contribution in [0.2, 0.25) is 0 Å². The van der Waals surface area contributed by atoms with E-state index < -0.39 is 0 Å². The Hall–Kier alpha value is -1.01. The van der Waals surface area contributed by atoms with Gasteiger partial charge in [0.05, 0.1) is 0 Å². The summed E-state index contributed by atoms with van der Waals surface area (Å²) in [7, 11) is 0. The van der Waals surface area contributed by atoms with Gasteiger partial charge in [0.2, 0.25) is 0 Å². The Balaban J connectivity index is 2.83. The van der Waals surface area contributed by atoms with E-state index in [1.807, 2.05) is 6.08 Å². The molecule has 1 aliphatic carbocycles. The molecule has 4 unspecified atom stereocenters. The van der Waals surface area contributed by atoms with Crippen molar-refractivity contribution in [1.29, 1.82) is 0 Å². The zero-order valence-electron chi connectivity index (χ0n) is 12.9. The third kappa shape index (κ3) is 6.52. The minimum atomic E-state index is -0.219. The van der Waals surface area contributed by atoms with Crippen molar-refractivity contribution in [2.45, 2.75) is 56.9 Å². The highest BCUT2D eigenvalue weighted by Crippen LogP contribution is 2.34. The van der Waals surface area contributed by atoms with Crippen LogP contribution in [0.5, 0.6) is 0 Å². The Labute approximate surface area is 137 Å². The molecule has 1 aliphatic rings. The normalized spacial score (nSPS) is 27.6. The Morgan fingerprint density at radius 3 is 2.86 bits per heavy atom. The second-order valence-corrected chi connectivity index (χ2v) is 6.75. The Bertz CT molecular complexity index is 419. The van der Waals surface area contributed by atoms with E-state index in [-0.39, 0.29) is 12.1 Å². The molecule has 116 valence electrons. The number of esters is 1. The zero-order valence-corrected chi connectivity index (χ0v) is 14.5. The van der Waals surface area contributed by atoms with Crippen molar-refractivity contribution < 1.29 is 9.53 Å². The summed E-state index contributed by atoms with van der Waals surface area (Å²) < 4.78 is 5.55. The van der Waals surface area contributed by atoms with Crippen molar-refractivity contribution in [3.63, 3.8) is 0 Å². The third-order valence-electron chi connectivity index (χ3n) is 4.03. The van der Waals surface area contributed by atoms with Gasteiger partial charge in [-0.1, -0.05) is 53.4 Å². The monoisotopic (exact) mass is 352 g/mol. The Morgan fingerprint density at radius 1 is 1.52 bits per heavy atom. The van der Waals surface area contributed by atoms with E-state index in [1.165, 1.54) is 6.92 Å². The molecule has 0 heterocycles. The van der Waals surface area contributed by atoms with E-state index in [2.05, 4.69) is 40.9 Å². The van der Waals surface area contributed by atoms with E-state index in [9.17, 15) is 4.79 Å². The maximum absolute atomic E-state index is 11.4. The van der Waals surface area contributed by atoms with E-state index in [0.29, 0.717) is 23.1 Å². The molecule has 0 radical (unpaired) electrons. The summed E-state index contributed by atoms with van der Waals surface area (Å²) in [5.74, 6) is 3.22. The number of ether oxygens (including phenoxy) is 1. The van der Waals surface area contributed by atoms with Crippen LogP contribution in [0.25, 0.3) is 0 Å². The molecule has 0 spiro atoms. The van der Waals surface area contributed by atoms with Gasteiger partial charge in [-0.2, -0.15) is 0 Å². The van der Waals surface area contributed by atoms with Gasteiger partial charge < -0.3 is 4.74 Å². The fraction of sp³-hybridized carbons (Fsp3) is 0.611. The first kappa shape index (κ1) is 18.0. The molecule has 0 aromatic rings. The van der Waals surface area contributed by atoms with Crippen molar-refractivity contribution in [2.24, 2.45) is 11.8 Å². The Kier molecular flexibility index (Phi) is 8.45. The van der Waals surface area contributed by atoms with Crippen LogP contribution < -0.4 is 0 Å². The largest absolute Gasteiger partial charge is 0.462 e. The average Bonchev–Trinajstić information content (AvgIpc) is 2.43. The van der Waals surface area contributed by atoms with Gasteiger partial charge in [0.15, 0.2) is 0 Å². The van der Waals surface area contributed by atoms with Crippen LogP contribution in [0.1, 0.15) is 46.0 Å². The number of halogens is 1. The molecule has 0 N–H and O–H groups in total. The van der Waals surface area contributed by atoms with Crippen molar-refractivity contribution in [3.05, 3.63) is 24.3 Å². The molecule has 0 saturated carbocycles. The second-order valence-electron chi connectivity index (χ2n) is 5.58. The SMILES string of the molecule is C#CC=CCC(OC(C)=O)C1CC=CCC(Br)C(CC)C1. The molecule has 0 fully saturated rings. The highest BCUT2D eigenvalue weighted by atomic mass is 79.9. The number of hydrogen-bond acceptors (Lipinski definition) is 2. The maximum Gasteiger partial charge on any atom is 0.302 e. The molecular weight excluding hydrogens is 328 g/mol. The van der Waals surface area contributed by atoms with Gasteiger partial charge >= 0.3 is 5.97 Å². The van der Waals surface area contributed by atoms with Gasteiger partial charge in [-0.3, -0.25) is 4.79 Å². The lowest BCUT2D eigenvalue weighted by Gasteiger charge is -2.31. The van der Waals surface area contributed by atoms with Crippen molar-refractivity contribution in [2.75, 3.05) is 0 Å². The molecule has 1 rings (SSSR count). The first-order valence-electron chi connectivity index (χ1n) is 7.65. The number of allylic oxidation sites excluding steroid dienone is 3. The first-order valence-corrected chi connectivity index (χ1v) is 8.57. The Morgan fingerprint density at radius 2 is 2.24 bits per heavy atom. The van der Waals surface area contributed by atoms with Gasteiger partial charge in [-0.15, -0.1) is 6.42 Å². The van der Waals surface area contributed by atoms with Gasteiger partial charge in [-0.25, -0.2) is 0 Å². The fourth-order valence-electron chi connectivity index (χ4n) is 2.87. The lowest BCUT2D eigenvalue weighted by Crippen LogP contribution is -2.30. The molecule has 2 nitrogen and oxygen atoms in total. The predicted octanol–water partition coefficient (Wildman–Crippen LogP) is 4.64. The van der Waals surface area contributed by atoms with E-state index in [4.69, 9.17) is 11.2 Å². The van der Waals surface area contributed by atoms with Crippen LogP contribution in [-0.2, 0) is 9.53 Å². The van der Waals surface area contributed by atoms with Crippen LogP contribution in [-0.4, -0.2) is 16.9 Å². The fourth-order valence-corrected chi connectivity index (χ4v) is 3.67. The van der Waals surface area contributed by atoms with Crippen LogP contribution in [0.3, 0.4) is 0 Å². The molecular formula is C18H25BrO2. The first-order chi connectivity index (χ1) is 10.1. The third-order valence-corrected chi connectivity index (χ3v) is 5.16. The number of hydrogen-bond donors (Lipinski definition) is 0. The average molecular weight is 353 g/mol.